The summed E-state index contributed by atoms with van der Waals surface area (Å²) in [6, 6.07) is 0. The number of aromatic nitrogens is 1. The molecule has 1 aromatic heterocycles. The molecule has 0 saturated heterocycles. The van der Waals surface area contributed by atoms with Gasteiger partial charge >= 0.3 is 5.97 Å². The second-order valence-corrected chi connectivity index (χ2v) is 3.42. The average molecular weight is 169 g/mol. The number of esters is 1. The van der Waals surface area contributed by atoms with Crippen molar-refractivity contribution in [1.82, 2.24) is 5.16 Å². The summed E-state index contributed by atoms with van der Waals surface area (Å²) >= 11 is 0. The van der Waals surface area contributed by atoms with E-state index in [4.69, 9.17) is 4.74 Å². The first kappa shape index (κ1) is 8.77. The van der Waals surface area contributed by atoms with Crippen molar-refractivity contribution < 1.29 is 14.1 Å². The third-order valence-electron chi connectivity index (χ3n) is 1.07. The summed E-state index contributed by atoms with van der Waals surface area (Å²) < 4.78 is 9.54. The van der Waals surface area contributed by atoms with Crippen LogP contribution in [0, 0.1) is 0 Å². The van der Waals surface area contributed by atoms with Crippen molar-refractivity contribution in [3.05, 3.63) is 18.0 Å². The molecular weight excluding hydrogens is 158 g/mol. The summed E-state index contributed by atoms with van der Waals surface area (Å²) in [5, 5.41) is 3.40. The molecule has 0 fully saturated rings. The Hall–Kier alpha value is -1.32. The zero-order valence-corrected chi connectivity index (χ0v) is 7.33. The van der Waals surface area contributed by atoms with Crippen LogP contribution in [0.3, 0.4) is 0 Å². The lowest BCUT2D eigenvalue weighted by atomic mass is 10.2. The standard InChI is InChI=1S/C8H11NO3/c1-8(2,3)12-7(10)6-4-9-11-5-6/h4-5H,1-3H3. The lowest BCUT2D eigenvalue weighted by molar-refractivity contribution is 0.00689. The van der Waals surface area contributed by atoms with Gasteiger partial charge in [-0.05, 0) is 20.8 Å². The number of ether oxygens (including phenoxy) is 1. The van der Waals surface area contributed by atoms with E-state index < -0.39 is 11.6 Å². The molecule has 0 N–H and O–H groups in total. The number of nitrogens with zero attached hydrogens (tertiary/aromatic N) is 1. The van der Waals surface area contributed by atoms with Crippen molar-refractivity contribution in [2.45, 2.75) is 26.4 Å². The lowest BCUT2D eigenvalue weighted by Crippen LogP contribution is -2.23. The van der Waals surface area contributed by atoms with Gasteiger partial charge in [-0.25, -0.2) is 4.79 Å². The van der Waals surface area contributed by atoms with Crippen molar-refractivity contribution >= 4 is 5.97 Å². The first-order chi connectivity index (χ1) is 5.49. The largest absolute Gasteiger partial charge is 0.456 e. The van der Waals surface area contributed by atoms with E-state index in [-0.39, 0.29) is 0 Å². The molecule has 0 aliphatic rings. The fourth-order valence-electron chi connectivity index (χ4n) is 0.643. The summed E-state index contributed by atoms with van der Waals surface area (Å²) in [4.78, 5) is 11.2. The first-order valence-electron chi connectivity index (χ1n) is 3.62. The molecule has 66 valence electrons. The Kier molecular flexibility index (Phi) is 2.17. The fraction of sp³-hybridized carbons (Fsp3) is 0.500. The molecule has 1 heterocycles. The summed E-state index contributed by atoms with van der Waals surface area (Å²) in [7, 11) is 0. The SMILES string of the molecule is CC(C)(C)OC(=O)c1cnoc1. The Morgan fingerprint density at radius 2 is 2.25 bits per heavy atom. The first-order valence-corrected chi connectivity index (χ1v) is 3.62. The highest BCUT2D eigenvalue weighted by molar-refractivity contribution is 5.88. The Bertz CT molecular complexity index is 258. The normalized spacial score (nSPS) is 11.2. The van der Waals surface area contributed by atoms with E-state index in [1.54, 1.807) is 20.8 Å². The summed E-state index contributed by atoms with van der Waals surface area (Å²) in [6.07, 6.45) is 2.59. The minimum absolute atomic E-state index is 0.338. The third-order valence-corrected chi connectivity index (χ3v) is 1.07. The molecule has 0 aliphatic carbocycles. The molecule has 0 unspecified atom stereocenters. The molecule has 0 saturated carbocycles. The van der Waals surface area contributed by atoms with Crippen LogP contribution in [0.4, 0.5) is 0 Å². The van der Waals surface area contributed by atoms with Crippen LogP contribution in [-0.2, 0) is 4.74 Å². The minimum atomic E-state index is -0.478. The topological polar surface area (TPSA) is 52.3 Å². The van der Waals surface area contributed by atoms with Crippen LogP contribution in [-0.4, -0.2) is 16.7 Å². The van der Waals surface area contributed by atoms with E-state index >= 15 is 0 Å². The predicted octanol–water partition coefficient (Wildman–Crippen LogP) is 1.63. The second kappa shape index (κ2) is 2.97. The van der Waals surface area contributed by atoms with Gasteiger partial charge in [0.15, 0.2) is 0 Å². The van der Waals surface area contributed by atoms with Crippen LogP contribution in [0.2, 0.25) is 0 Å². The van der Waals surface area contributed by atoms with Crippen molar-refractivity contribution in [1.29, 1.82) is 0 Å². The Balaban J connectivity index is 2.63. The average Bonchev–Trinajstić information content (AvgIpc) is 2.32. The van der Waals surface area contributed by atoms with Crippen LogP contribution in [0.15, 0.2) is 17.0 Å². The van der Waals surface area contributed by atoms with Gasteiger partial charge in [0.1, 0.15) is 17.4 Å². The molecule has 12 heavy (non-hydrogen) atoms. The molecule has 0 atom stereocenters. The molecule has 0 radical (unpaired) electrons. The number of rotatable bonds is 1. The zero-order valence-electron chi connectivity index (χ0n) is 7.33. The van der Waals surface area contributed by atoms with Gasteiger partial charge in [0.2, 0.25) is 0 Å². The van der Waals surface area contributed by atoms with Crippen molar-refractivity contribution in [3.63, 3.8) is 0 Å². The number of carbonyl (C=O) groups excluding carboxylic acids is 1. The van der Waals surface area contributed by atoms with Crippen LogP contribution < -0.4 is 0 Å². The number of hydrogen-bond acceptors (Lipinski definition) is 4. The second-order valence-electron chi connectivity index (χ2n) is 3.42. The van der Waals surface area contributed by atoms with Crippen LogP contribution in [0.5, 0.6) is 0 Å². The van der Waals surface area contributed by atoms with Gasteiger partial charge in [-0.15, -0.1) is 0 Å². The number of carbonyl (C=O) groups is 1. The fourth-order valence-corrected chi connectivity index (χ4v) is 0.643. The third kappa shape index (κ3) is 2.38. The van der Waals surface area contributed by atoms with Crippen molar-refractivity contribution in [2.24, 2.45) is 0 Å². The molecule has 4 heteroatoms. The summed E-state index contributed by atoms with van der Waals surface area (Å²) in [6.45, 7) is 5.41. The Labute approximate surface area is 70.5 Å². The minimum Gasteiger partial charge on any atom is -0.456 e. The van der Waals surface area contributed by atoms with E-state index in [1.165, 1.54) is 12.5 Å². The highest BCUT2D eigenvalue weighted by Crippen LogP contribution is 2.10. The zero-order chi connectivity index (χ0) is 9.19. The van der Waals surface area contributed by atoms with E-state index in [1.807, 2.05) is 0 Å². The molecule has 0 aromatic carbocycles. The summed E-state index contributed by atoms with van der Waals surface area (Å²) in [5.41, 5.74) is -0.140. The molecule has 0 aliphatic heterocycles. The quantitative estimate of drug-likeness (QED) is 0.599. The molecule has 4 nitrogen and oxygen atoms in total. The summed E-state index contributed by atoms with van der Waals surface area (Å²) in [5.74, 6) is -0.413. The van der Waals surface area contributed by atoms with Gasteiger partial charge in [-0.1, -0.05) is 5.16 Å². The van der Waals surface area contributed by atoms with E-state index in [0.29, 0.717) is 5.56 Å². The van der Waals surface area contributed by atoms with Crippen molar-refractivity contribution in [2.75, 3.05) is 0 Å². The Morgan fingerprint density at radius 3 is 2.67 bits per heavy atom. The van der Waals surface area contributed by atoms with Crippen LogP contribution in [0.1, 0.15) is 31.1 Å². The van der Waals surface area contributed by atoms with Crippen LogP contribution in [0.25, 0.3) is 0 Å². The van der Waals surface area contributed by atoms with Gasteiger partial charge in [-0.2, -0.15) is 0 Å². The lowest BCUT2D eigenvalue weighted by Gasteiger charge is -2.18. The van der Waals surface area contributed by atoms with E-state index in [9.17, 15) is 4.79 Å². The van der Waals surface area contributed by atoms with Gasteiger partial charge in [0, 0.05) is 0 Å². The van der Waals surface area contributed by atoms with Gasteiger partial charge in [0.25, 0.3) is 0 Å². The number of hydrogen-bond donors (Lipinski definition) is 0. The maximum atomic E-state index is 11.2. The smallest absolute Gasteiger partial charge is 0.343 e. The Morgan fingerprint density at radius 1 is 1.58 bits per heavy atom. The van der Waals surface area contributed by atoms with Gasteiger partial charge in [-0.3, -0.25) is 0 Å². The molecule has 1 rings (SSSR count). The molecule has 0 amide bonds. The highest BCUT2D eigenvalue weighted by atomic mass is 16.6. The highest BCUT2D eigenvalue weighted by Gasteiger charge is 2.18. The van der Waals surface area contributed by atoms with Gasteiger partial charge < -0.3 is 9.26 Å². The maximum Gasteiger partial charge on any atom is 0.343 e. The van der Waals surface area contributed by atoms with Gasteiger partial charge in [0.05, 0.1) is 6.20 Å². The predicted molar refractivity (Wildman–Crippen MR) is 41.7 cm³/mol. The van der Waals surface area contributed by atoms with Crippen molar-refractivity contribution in [3.8, 4) is 0 Å². The molecule has 0 spiro atoms. The molecule has 1 aromatic rings. The monoisotopic (exact) mass is 169 g/mol. The molecule has 0 bridgehead atoms. The van der Waals surface area contributed by atoms with E-state index in [2.05, 4.69) is 9.68 Å². The maximum absolute atomic E-state index is 11.2. The van der Waals surface area contributed by atoms with E-state index in [0.717, 1.165) is 0 Å². The van der Waals surface area contributed by atoms with Crippen LogP contribution >= 0.6 is 0 Å². The molecular formula is C8H11NO3.